The number of fused-ring (bicyclic) bond motifs is 1. The first kappa shape index (κ1) is 11.6. The van der Waals surface area contributed by atoms with Gasteiger partial charge in [-0.3, -0.25) is 0 Å². The second-order valence-electron chi connectivity index (χ2n) is 3.67. The molecule has 0 bridgehead atoms. The van der Waals surface area contributed by atoms with Crippen molar-refractivity contribution in [2.45, 2.75) is 9.79 Å². The summed E-state index contributed by atoms with van der Waals surface area (Å²) in [5.74, 6) is 0. The summed E-state index contributed by atoms with van der Waals surface area (Å²) in [4.78, 5) is 2.08. The minimum absolute atomic E-state index is 0.574. The molecule has 0 saturated heterocycles. The Morgan fingerprint density at radius 2 is 1.94 bits per heavy atom. The van der Waals surface area contributed by atoms with E-state index in [9.17, 15) is 0 Å². The zero-order valence-corrected chi connectivity index (χ0v) is 11.5. The molecule has 1 heterocycles. The van der Waals surface area contributed by atoms with Gasteiger partial charge in [-0.1, -0.05) is 33.8 Å². The van der Waals surface area contributed by atoms with Gasteiger partial charge < -0.3 is 5.73 Å². The fourth-order valence-corrected chi connectivity index (χ4v) is 3.11. The smallest absolute Gasteiger partial charge is 0.159 e. The molecule has 0 aliphatic heterocycles. The molecule has 0 amide bonds. The number of hydrogen-bond acceptors (Lipinski definition) is 5. The molecule has 0 spiro atoms. The number of benzene rings is 2. The van der Waals surface area contributed by atoms with Crippen molar-refractivity contribution in [2.75, 3.05) is 5.73 Å². The van der Waals surface area contributed by atoms with E-state index in [1.165, 1.54) is 0 Å². The monoisotopic (exact) mass is 321 g/mol. The summed E-state index contributed by atoms with van der Waals surface area (Å²) in [6.45, 7) is 0. The number of anilines is 1. The molecule has 0 aliphatic carbocycles. The van der Waals surface area contributed by atoms with Gasteiger partial charge in [0, 0.05) is 14.3 Å². The Bertz CT molecular complexity index is 713. The van der Waals surface area contributed by atoms with Crippen LogP contribution in [-0.4, -0.2) is 10.3 Å². The maximum Gasteiger partial charge on any atom is 0.159 e. The zero-order valence-electron chi connectivity index (χ0n) is 9.13. The average Bonchev–Trinajstić information content (AvgIpc) is 2.83. The number of aromatic nitrogens is 2. The summed E-state index contributed by atoms with van der Waals surface area (Å²) in [6.07, 6.45) is 0. The van der Waals surface area contributed by atoms with Crippen LogP contribution < -0.4 is 5.73 Å². The molecule has 2 N–H and O–H groups in total. The Hall–Kier alpha value is -1.53. The second-order valence-corrected chi connectivity index (χ2v) is 5.70. The molecule has 6 heteroatoms. The van der Waals surface area contributed by atoms with Crippen molar-refractivity contribution in [3.63, 3.8) is 0 Å². The van der Waals surface area contributed by atoms with Crippen LogP contribution in [0.1, 0.15) is 0 Å². The number of halogens is 1. The lowest BCUT2D eigenvalue weighted by Gasteiger charge is -2.03. The minimum Gasteiger partial charge on any atom is -0.397 e. The SMILES string of the molecule is Nc1ccc(Sc2cccc(Br)c2)c2nonc12. The second kappa shape index (κ2) is 4.62. The molecule has 18 heavy (non-hydrogen) atoms. The number of nitrogens with two attached hydrogens (primary N) is 1. The topological polar surface area (TPSA) is 64.9 Å². The molecule has 4 nitrogen and oxygen atoms in total. The van der Waals surface area contributed by atoms with Gasteiger partial charge in [-0.25, -0.2) is 4.63 Å². The third-order valence-electron chi connectivity index (χ3n) is 2.43. The molecule has 0 fully saturated rings. The highest BCUT2D eigenvalue weighted by Gasteiger charge is 2.11. The highest BCUT2D eigenvalue weighted by molar-refractivity contribution is 9.10. The Morgan fingerprint density at radius 3 is 2.78 bits per heavy atom. The fourth-order valence-electron chi connectivity index (χ4n) is 1.60. The van der Waals surface area contributed by atoms with Crippen molar-refractivity contribution < 1.29 is 4.63 Å². The van der Waals surface area contributed by atoms with E-state index in [0.717, 1.165) is 14.3 Å². The van der Waals surface area contributed by atoms with Crippen molar-refractivity contribution in [2.24, 2.45) is 0 Å². The van der Waals surface area contributed by atoms with Crippen LogP contribution in [0.5, 0.6) is 0 Å². The Balaban J connectivity index is 2.05. The van der Waals surface area contributed by atoms with E-state index in [1.807, 2.05) is 36.4 Å². The van der Waals surface area contributed by atoms with E-state index in [4.69, 9.17) is 10.4 Å². The molecule has 3 rings (SSSR count). The van der Waals surface area contributed by atoms with Crippen LogP contribution in [0.2, 0.25) is 0 Å². The standard InChI is InChI=1S/C12H8BrN3OS/c13-7-2-1-3-8(6-7)18-10-5-4-9(14)11-12(10)16-17-15-11/h1-6H,14H2. The summed E-state index contributed by atoms with van der Waals surface area (Å²) in [5.41, 5.74) is 7.68. The Kier molecular flexibility index (Phi) is 2.97. The van der Waals surface area contributed by atoms with Gasteiger partial charge in [0.2, 0.25) is 0 Å². The summed E-state index contributed by atoms with van der Waals surface area (Å²) >= 11 is 5.05. The van der Waals surface area contributed by atoms with Gasteiger partial charge in [-0.15, -0.1) is 0 Å². The molecule has 2 aromatic carbocycles. The predicted octanol–water partition coefficient (Wildman–Crippen LogP) is 3.72. The normalized spacial score (nSPS) is 10.9. The first-order valence-electron chi connectivity index (χ1n) is 5.18. The summed E-state index contributed by atoms with van der Waals surface area (Å²) in [6, 6.07) is 11.8. The van der Waals surface area contributed by atoms with Gasteiger partial charge in [-0.05, 0) is 40.6 Å². The average molecular weight is 322 g/mol. The summed E-state index contributed by atoms with van der Waals surface area (Å²) in [5, 5.41) is 7.70. The van der Waals surface area contributed by atoms with Gasteiger partial charge in [0.25, 0.3) is 0 Å². The highest BCUT2D eigenvalue weighted by Crippen LogP contribution is 2.34. The Morgan fingerprint density at radius 1 is 1.11 bits per heavy atom. The van der Waals surface area contributed by atoms with Crippen LogP contribution in [0.15, 0.2) is 55.3 Å². The van der Waals surface area contributed by atoms with E-state index in [1.54, 1.807) is 11.8 Å². The van der Waals surface area contributed by atoms with Crippen molar-refractivity contribution in [1.29, 1.82) is 0 Å². The molecule has 1 aromatic heterocycles. The van der Waals surface area contributed by atoms with E-state index >= 15 is 0 Å². The molecule has 90 valence electrons. The fraction of sp³-hybridized carbons (Fsp3) is 0. The van der Waals surface area contributed by atoms with Crippen LogP contribution in [0.25, 0.3) is 11.0 Å². The lowest BCUT2D eigenvalue weighted by Crippen LogP contribution is -1.87. The molecule has 0 unspecified atom stereocenters. The van der Waals surface area contributed by atoms with Crippen molar-refractivity contribution in [3.05, 3.63) is 40.9 Å². The van der Waals surface area contributed by atoms with E-state index in [-0.39, 0.29) is 0 Å². The number of rotatable bonds is 2. The maximum atomic E-state index is 5.81. The first-order chi connectivity index (χ1) is 8.74. The highest BCUT2D eigenvalue weighted by atomic mass is 79.9. The van der Waals surface area contributed by atoms with E-state index in [2.05, 4.69) is 26.2 Å². The van der Waals surface area contributed by atoms with Gasteiger partial charge in [-0.2, -0.15) is 0 Å². The molecule has 0 aliphatic rings. The van der Waals surface area contributed by atoms with Crippen molar-refractivity contribution >= 4 is 44.4 Å². The third kappa shape index (κ3) is 2.09. The molecule has 3 aromatic rings. The van der Waals surface area contributed by atoms with Crippen LogP contribution in [-0.2, 0) is 0 Å². The number of nitrogens with zero attached hydrogens (tertiary/aromatic N) is 2. The van der Waals surface area contributed by atoms with Crippen molar-refractivity contribution in [1.82, 2.24) is 10.3 Å². The largest absolute Gasteiger partial charge is 0.397 e. The van der Waals surface area contributed by atoms with Crippen LogP contribution in [0.4, 0.5) is 5.69 Å². The molecule has 0 atom stereocenters. The quantitative estimate of drug-likeness (QED) is 0.729. The number of hydrogen-bond donors (Lipinski definition) is 1. The van der Waals surface area contributed by atoms with Crippen LogP contribution >= 0.6 is 27.7 Å². The first-order valence-corrected chi connectivity index (χ1v) is 6.79. The number of nitrogen functional groups attached to an aromatic ring is 1. The third-order valence-corrected chi connectivity index (χ3v) is 3.97. The molecular formula is C12H8BrN3OS. The zero-order chi connectivity index (χ0) is 12.5. The lowest BCUT2D eigenvalue weighted by molar-refractivity contribution is 0.315. The van der Waals surface area contributed by atoms with Gasteiger partial charge >= 0.3 is 0 Å². The predicted molar refractivity (Wildman–Crippen MR) is 74.5 cm³/mol. The van der Waals surface area contributed by atoms with Crippen LogP contribution in [0.3, 0.4) is 0 Å². The van der Waals surface area contributed by atoms with E-state index < -0.39 is 0 Å². The molecule has 0 radical (unpaired) electrons. The lowest BCUT2D eigenvalue weighted by atomic mass is 10.3. The van der Waals surface area contributed by atoms with Crippen LogP contribution in [0, 0.1) is 0 Å². The van der Waals surface area contributed by atoms with Crippen molar-refractivity contribution in [3.8, 4) is 0 Å². The maximum absolute atomic E-state index is 5.81. The van der Waals surface area contributed by atoms with E-state index in [0.29, 0.717) is 16.7 Å². The summed E-state index contributed by atoms with van der Waals surface area (Å²) in [7, 11) is 0. The Labute approximate surface area is 116 Å². The molecular weight excluding hydrogens is 314 g/mol. The minimum atomic E-state index is 0.574. The molecule has 0 saturated carbocycles. The van der Waals surface area contributed by atoms with Gasteiger partial charge in [0.05, 0.1) is 5.69 Å². The summed E-state index contributed by atoms with van der Waals surface area (Å²) < 4.78 is 5.78. The van der Waals surface area contributed by atoms with Gasteiger partial charge in [0.15, 0.2) is 11.0 Å². The van der Waals surface area contributed by atoms with Gasteiger partial charge in [0.1, 0.15) is 0 Å².